The molecule has 0 bridgehead atoms. The molecule has 0 unspecified atom stereocenters. The summed E-state index contributed by atoms with van der Waals surface area (Å²) in [5, 5.41) is 15.3. The van der Waals surface area contributed by atoms with E-state index in [1.165, 1.54) is 0 Å². The van der Waals surface area contributed by atoms with Gasteiger partial charge >= 0.3 is 6.09 Å². The number of ether oxygens (including phenoxy) is 1. The third kappa shape index (κ3) is 6.54. The average Bonchev–Trinajstić information content (AvgIpc) is 2.50. The molecule has 0 atom stereocenters. The summed E-state index contributed by atoms with van der Waals surface area (Å²) in [5.74, 6) is 0.582. The van der Waals surface area contributed by atoms with E-state index in [0.29, 0.717) is 12.3 Å². The van der Waals surface area contributed by atoms with Crippen LogP contribution in [0.5, 0.6) is 5.75 Å². The molecule has 0 saturated heterocycles. The minimum absolute atomic E-state index is 0.264. The third-order valence-electron chi connectivity index (χ3n) is 4.37. The lowest BCUT2D eigenvalue weighted by molar-refractivity contribution is -0.530. The van der Waals surface area contributed by atoms with Crippen LogP contribution in [-0.4, -0.2) is 29.1 Å². The third-order valence-corrected chi connectivity index (χ3v) is 4.37. The van der Waals surface area contributed by atoms with Crippen LogP contribution in [0, 0.1) is 5.21 Å². The van der Waals surface area contributed by atoms with Crippen molar-refractivity contribution in [2.75, 3.05) is 6.54 Å². The van der Waals surface area contributed by atoms with Crippen LogP contribution in [0.2, 0.25) is 0 Å². The van der Waals surface area contributed by atoms with Crippen LogP contribution in [0.1, 0.15) is 92.3 Å². The van der Waals surface area contributed by atoms with Crippen molar-refractivity contribution in [3.8, 4) is 5.75 Å². The van der Waals surface area contributed by atoms with E-state index in [-0.39, 0.29) is 10.8 Å². The summed E-state index contributed by atoms with van der Waals surface area (Å²) in [5.41, 5.74) is 1.56. The van der Waals surface area contributed by atoms with Gasteiger partial charge in [0.15, 0.2) is 11.8 Å². The fraction of sp³-hybridized carbons (Fsp3) is 0.652. The minimum Gasteiger partial charge on any atom is -0.623 e. The first-order valence-electron chi connectivity index (χ1n) is 10.0. The second kappa shape index (κ2) is 8.54. The van der Waals surface area contributed by atoms with Crippen molar-refractivity contribution >= 4 is 12.3 Å². The van der Waals surface area contributed by atoms with Crippen molar-refractivity contribution in [2.24, 2.45) is 0 Å². The highest BCUT2D eigenvalue weighted by molar-refractivity contribution is 5.79. The second-order valence-electron chi connectivity index (χ2n) is 10.4. The van der Waals surface area contributed by atoms with E-state index in [1.807, 2.05) is 39.8 Å². The lowest BCUT2D eigenvalue weighted by atomic mass is 9.78. The highest BCUT2D eigenvalue weighted by atomic mass is 16.6. The number of nitrogens with one attached hydrogen (secondary N) is 1. The molecule has 0 heterocycles. The van der Waals surface area contributed by atoms with Crippen molar-refractivity contribution in [3.63, 3.8) is 0 Å². The summed E-state index contributed by atoms with van der Waals surface area (Å²) < 4.78 is 6.77. The maximum atomic E-state index is 12.5. The number of rotatable bonds is 4. The Bertz CT molecular complexity index is 695. The zero-order valence-corrected chi connectivity index (χ0v) is 19.3. The molecule has 0 aromatic heterocycles. The molecule has 0 fully saturated rings. The molecule has 5 heteroatoms. The first kappa shape index (κ1) is 24.0. The maximum Gasteiger partial charge on any atom is 0.412 e. The van der Waals surface area contributed by atoms with E-state index in [4.69, 9.17) is 4.74 Å². The number of benzene rings is 1. The normalized spacial score (nSPS) is 13.4. The number of hydrogen-bond donors (Lipinski definition) is 1. The molecule has 1 rings (SSSR count). The van der Waals surface area contributed by atoms with E-state index >= 15 is 0 Å². The summed E-state index contributed by atoms with van der Waals surface area (Å²) in [6.07, 6.45) is 2.01. The Hall–Kier alpha value is -2.04. The first-order chi connectivity index (χ1) is 12.6. The van der Waals surface area contributed by atoms with Gasteiger partial charge < -0.3 is 15.3 Å². The fourth-order valence-corrected chi connectivity index (χ4v) is 2.63. The maximum absolute atomic E-state index is 12.5. The topological polar surface area (TPSA) is 64.4 Å². The highest BCUT2D eigenvalue weighted by Crippen LogP contribution is 2.40. The summed E-state index contributed by atoms with van der Waals surface area (Å²) >= 11 is 0. The zero-order chi connectivity index (χ0) is 21.9. The second-order valence-corrected chi connectivity index (χ2v) is 10.4. The summed E-state index contributed by atoms with van der Waals surface area (Å²) in [4.78, 5) is 12.3. The molecule has 1 aromatic rings. The SMILES string of the molecule is CCCNC(=O)Oc1c(C(C)(C)C)cc(C=[N+]([O-])C(C)(C)C)cc1C(C)(C)C. The van der Waals surface area contributed by atoms with E-state index in [9.17, 15) is 10.0 Å². The smallest absolute Gasteiger partial charge is 0.412 e. The lowest BCUT2D eigenvalue weighted by Gasteiger charge is -2.29. The Morgan fingerprint density at radius 3 is 1.86 bits per heavy atom. The van der Waals surface area contributed by atoms with Crippen LogP contribution in [0.25, 0.3) is 0 Å². The molecule has 0 aliphatic heterocycles. The molecule has 28 heavy (non-hydrogen) atoms. The highest BCUT2D eigenvalue weighted by Gasteiger charge is 2.30. The van der Waals surface area contributed by atoms with Crippen LogP contribution < -0.4 is 10.1 Å². The molecule has 0 aliphatic carbocycles. The van der Waals surface area contributed by atoms with Crippen LogP contribution in [0.3, 0.4) is 0 Å². The number of carbonyl (C=O) groups excluding carboxylic acids is 1. The van der Waals surface area contributed by atoms with Gasteiger partial charge in [-0.25, -0.2) is 9.53 Å². The number of hydroxylamine groups is 1. The molecule has 0 saturated carbocycles. The molecular weight excluding hydrogens is 352 g/mol. The van der Waals surface area contributed by atoms with Gasteiger partial charge in [0, 0.05) is 44.0 Å². The molecule has 158 valence electrons. The van der Waals surface area contributed by atoms with Gasteiger partial charge in [0.2, 0.25) is 0 Å². The average molecular weight is 391 g/mol. The van der Waals surface area contributed by atoms with Crippen molar-refractivity contribution < 1.29 is 14.3 Å². The predicted octanol–water partition coefficient (Wildman–Crippen LogP) is 5.51. The number of hydrogen-bond acceptors (Lipinski definition) is 3. The van der Waals surface area contributed by atoms with Crippen molar-refractivity contribution in [1.29, 1.82) is 0 Å². The van der Waals surface area contributed by atoms with E-state index in [0.717, 1.165) is 27.9 Å². The van der Waals surface area contributed by atoms with E-state index in [2.05, 4.69) is 46.9 Å². The monoisotopic (exact) mass is 390 g/mol. The van der Waals surface area contributed by atoms with Crippen LogP contribution in [-0.2, 0) is 10.8 Å². The van der Waals surface area contributed by atoms with E-state index < -0.39 is 11.6 Å². The fourth-order valence-electron chi connectivity index (χ4n) is 2.63. The van der Waals surface area contributed by atoms with Gasteiger partial charge in [-0.2, -0.15) is 0 Å². The summed E-state index contributed by atoms with van der Waals surface area (Å²) in [7, 11) is 0. The van der Waals surface area contributed by atoms with Gasteiger partial charge in [-0.15, -0.1) is 0 Å². The molecule has 1 aromatic carbocycles. The van der Waals surface area contributed by atoms with Gasteiger partial charge in [-0.1, -0.05) is 48.5 Å². The quantitative estimate of drug-likeness (QED) is 0.319. The molecule has 1 amide bonds. The molecule has 0 radical (unpaired) electrons. The largest absolute Gasteiger partial charge is 0.623 e. The molecular formula is C23H38N2O3. The van der Waals surface area contributed by atoms with Gasteiger partial charge in [0.25, 0.3) is 0 Å². The Balaban J connectivity index is 3.67. The standard InChI is InChI=1S/C23H38N2O3/c1-11-12-24-20(26)28-19-17(21(2,3)4)13-16(14-18(19)22(5,6)7)15-25(27)23(8,9)10/h13-15H,11-12H2,1-10H3,(H,24,26). The molecule has 0 aliphatic rings. The molecule has 1 N–H and O–H groups in total. The Labute approximate surface area is 170 Å². The van der Waals surface area contributed by atoms with E-state index in [1.54, 1.807) is 6.21 Å². The Morgan fingerprint density at radius 1 is 1.04 bits per heavy atom. The van der Waals surface area contributed by atoms with Crippen molar-refractivity contribution in [1.82, 2.24) is 5.32 Å². The summed E-state index contributed by atoms with van der Waals surface area (Å²) in [6, 6.07) is 3.91. The lowest BCUT2D eigenvalue weighted by Crippen LogP contribution is -2.31. The first-order valence-corrected chi connectivity index (χ1v) is 10.0. The molecule has 0 spiro atoms. The minimum atomic E-state index is -0.529. The van der Waals surface area contributed by atoms with Crippen molar-refractivity contribution in [2.45, 2.75) is 92.0 Å². The van der Waals surface area contributed by atoms with Gasteiger partial charge in [0.1, 0.15) is 5.75 Å². The van der Waals surface area contributed by atoms with Crippen LogP contribution in [0.4, 0.5) is 4.79 Å². The summed E-state index contributed by atoms with van der Waals surface area (Å²) in [6.45, 7) is 20.7. The van der Waals surface area contributed by atoms with Crippen LogP contribution in [0.15, 0.2) is 12.1 Å². The number of amides is 1. The Kier molecular flexibility index (Phi) is 7.32. The zero-order valence-electron chi connectivity index (χ0n) is 19.3. The van der Waals surface area contributed by atoms with Crippen molar-refractivity contribution in [3.05, 3.63) is 34.0 Å². The Morgan fingerprint density at radius 2 is 1.50 bits per heavy atom. The van der Waals surface area contributed by atoms with Gasteiger partial charge in [0.05, 0.1) is 0 Å². The number of nitrogens with zero attached hydrogens (tertiary/aromatic N) is 1. The van der Waals surface area contributed by atoms with Crippen LogP contribution >= 0.6 is 0 Å². The number of carbonyl (C=O) groups is 1. The van der Waals surface area contributed by atoms with Gasteiger partial charge in [-0.05, 0) is 29.4 Å². The molecule has 5 nitrogen and oxygen atoms in total. The van der Waals surface area contributed by atoms with Gasteiger partial charge in [-0.3, -0.25) is 0 Å². The predicted molar refractivity (Wildman–Crippen MR) is 117 cm³/mol.